The molecule has 7 heteroatoms. The van der Waals surface area contributed by atoms with Gasteiger partial charge in [0.1, 0.15) is 0 Å². The largest absolute Gasteiger partial charge is 1.00 e. The summed E-state index contributed by atoms with van der Waals surface area (Å²) in [6.45, 7) is 3.21. The van der Waals surface area contributed by atoms with Crippen LogP contribution in [-0.2, 0) is 9.59 Å². The van der Waals surface area contributed by atoms with E-state index in [0.717, 1.165) is 12.8 Å². The van der Waals surface area contributed by atoms with Gasteiger partial charge in [0, 0.05) is 26.1 Å². The van der Waals surface area contributed by atoms with E-state index in [-0.39, 0.29) is 71.9 Å². The summed E-state index contributed by atoms with van der Waals surface area (Å²) in [4.78, 5) is 24.2. The van der Waals surface area contributed by atoms with E-state index in [0.29, 0.717) is 26.1 Å². The number of aliphatic carboxylic acids is 1. The quantitative estimate of drug-likeness (QED) is 0.233. The first-order chi connectivity index (χ1) is 11.6. The van der Waals surface area contributed by atoms with Crippen LogP contribution in [0.4, 0.5) is 0 Å². The van der Waals surface area contributed by atoms with Crippen LogP contribution in [0.1, 0.15) is 72.6 Å². The summed E-state index contributed by atoms with van der Waals surface area (Å²) in [6.07, 6.45) is 11.4. The minimum Gasteiger partial charge on any atom is -1.00 e. The summed E-state index contributed by atoms with van der Waals surface area (Å²) in [5.74, 6) is -0.867. The van der Waals surface area contributed by atoms with Crippen molar-refractivity contribution in [1.82, 2.24) is 10.2 Å². The summed E-state index contributed by atoms with van der Waals surface area (Å²) >= 11 is 0. The number of hydrogen-bond donors (Lipinski definition) is 3. The third-order valence-corrected chi connectivity index (χ3v) is 4.05. The second kappa shape index (κ2) is 20.8. The molecule has 0 aliphatic heterocycles. The molecule has 0 aliphatic carbocycles. The number of unbranched alkanes of at least 4 members (excludes halogenated alkanes) is 8. The van der Waals surface area contributed by atoms with Crippen molar-refractivity contribution in [2.24, 2.45) is 0 Å². The molecule has 0 spiro atoms. The Morgan fingerprint density at radius 3 is 2.04 bits per heavy atom. The van der Waals surface area contributed by atoms with Crippen LogP contribution in [0.3, 0.4) is 0 Å². The fourth-order valence-electron chi connectivity index (χ4n) is 2.64. The average Bonchev–Trinajstić information content (AvgIpc) is 2.55. The fraction of sp³-hybridized carbons (Fsp3) is 0.889. The Kier molecular flexibility index (Phi) is 23.1. The summed E-state index contributed by atoms with van der Waals surface area (Å²) in [5.41, 5.74) is 0. The van der Waals surface area contributed by atoms with Crippen LogP contribution >= 0.6 is 0 Å². The predicted molar refractivity (Wildman–Crippen MR) is 97.1 cm³/mol. The van der Waals surface area contributed by atoms with Crippen LogP contribution in [0.2, 0.25) is 0 Å². The first-order valence-electron chi connectivity index (χ1n) is 9.43. The molecule has 0 bridgehead atoms. The first-order valence-corrected chi connectivity index (χ1v) is 9.43. The van der Waals surface area contributed by atoms with Crippen molar-refractivity contribution in [3.05, 3.63) is 0 Å². The van der Waals surface area contributed by atoms with Crippen LogP contribution in [-0.4, -0.2) is 59.8 Å². The zero-order valence-electron chi connectivity index (χ0n) is 17.3. The van der Waals surface area contributed by atoms with Gasteiger partial charge in [-0.1, -0.05) is 58.3 Å². The molecule has 0 heterocycles. The number of carboxylic acid groups (broad SMARTS) is 1. The van der Waals surface area contributed by atoms with Gasteiger partial charge in [-0.2, -0.15) is 0 Å². The third kappa shape index (κ3) is 19.1. The number of carboxylic acids is 1. The van der Waals surface area contributed by atoms with Crippen LogP contribution in [0.5, 0.6) is 0 Å². The minimum atomic E-state index is -0.912. The molecule has 0 aromatic heterocycles. The Labute approximate surface area is 197 Å². The summed E-state index contributed by atoms with van der Waals surface area (Å²) < 4.78 is 0. The number of carbonyl (C=O) groups excluding carboxylic acids is 1. The van der Waals surface area contributed by atoms with Crippen molar-refractivity contribution in [3.63, 3.8) is 0 Å². The van der Waals surface area contributed by atoms with Gasteiger partial charge in [0.2, 0.25) is 5.91 Å². The van der Waals surface area contributed by atoms with Gasteiger partial charge < -0.3 is 21.9 Å². The first kappa shape index (κ1) is 27.7. The molecular weight excluding hydrogens is 347 g/mol. The van der Waals surface area contributed by atoms with Crippen molar-refractivity contribution in [3.8, 4) is 0 Å². The second-order valence-corrected chi connectivity index (χ2v) is 6.25. The molecule has 0 aromatic rings. The molecule has 1 amide bonds. The SMILES string of the molecule is CCCCCCCCCCCC(=O)N(CCO)CCNCC(=O)O.[H-].[K+]. The number of rotatable bonds is 17. The fourth-order valence-corrected chi connectivity index (χ4v) is 2.64. The number of aliphatic hydroxyl groups excluding tert-OH is 1. The molecule has 25 heavy (non-hydrogen) atoms. The van der Waals surface area contributed by atoms with E-state index in [2.05, 4.69) is 12.2 Å². The Balaban J connectivity index is -0.00000264. The number of carbonyl (C=O) groups is 2. The van der Waals surface area contributed by atoms with Gasteiger partial charge in [-0.05, 0) is 6.42 Å². The number of amides is 1. The summed E-state index contributed by atoms with van der Waals surface area (Å²) in [5, 5.41) is 20.4. The van der Waals surface area contributed by atoms with E-state index in [1.165, 1.54) is 44.9 Å². The molecule has 0 radical (unpaired) electrons. The van der Waals surface area contributed by atoms with Crippen molar-refractivity contribution in [2.75, 3.05) is 32.8 Å². The van der Waals surface area contributed by atoms with E-state index in [1.54, 1.807) is 4.90 Å². The van der Waals surface area contributed by atoms with Crippen LogP contribution in [0.15, 0.2) is 0 Å². The molecule has 6 nitrogen and oxygen atoms in total. The van der Waals surface area contributed by atoms with E-state index in [4.69, 9.17) is 10.2 Å². The maximum absolute atomic E-state index is 12.1. The topological polar surface area (TPSA) is 89.9 Å². The van der Waals surface area contributed by atoms with Gasteiger partial charge >= 0.3 is 57.4 Å². The molecule has 3 N–H and O–H groups in total. The van der Waals surface area contributed by atoms with Gasteiger partial charge in [-0.3, -0.25) is 9.59 Å². The van der Waals surface area contributed by atoms with E-state index < -0.39 is 5.97 Å². The zero-order valence-corrected chi connectivity index (χ0v) is 19.4. The Hall–Kier alpha value is 0.496. The van der Waals surface area contributed by atoms with Crippen molar-refractivity contribution >= 4 is 11.9 Å². The number of nitrogens with zero attached hydrogens (tertiary/aromatic N) is 1. The van der Waals surface area contributed by atoms with Crippen LogP contribution < -0.4 is 56.7 Å². The predicted octanol–water partition coefficient (Wildman–Crippen LogP) is -0.481. The van der Waals surface area contributed by atoms with E-state index in [9.17, 15) is 9.59 Å². The molecule has 144 valence electrons. The summed E-state index contributed by atoms with van der Waals surface area (Å²) in [6, 6.07) is 0. The maximum atomic E-state index is 12.1. The molecule has 0 fully saturated rings. The van der Waals surface area contributed by atoms with Gasteiger partial charge in [-0.15, -0.1) is 0 Å². The normalized spacial score (nSPS) is 10.3. The standard InChI is InChI=1S/C18H36N2O4.K.H/c1-2-3-4-5-6-7-8-9-10-11-17(22)20(14-15-21)13-12-19-16-18(23)24;;/h19,21H,2-16H2,1H3,(H,23,24);;/q;+1;-1. The van der Waals surface area contributed by atoms with Gasteiger partial charge in [-0.25, -0.2) is 0 Å². The van der Waals surface area contributed by atoms with Crippen molar-refractivity contribution in [1.29, 1.82) is 0 Å². The molecule has 0 aromatic carbocycles. The minimum absolute atomic E-state index is 0. The van der Waals surface area contributed by atoms with Gasteiger partial charge in [0.05, 0.1) is 13.2 Å². The average molecular weight is 385 g/mol. The van der Waals surface area contributed by atoms with Gasteiger partial charge in [0.25, 0.3) is 0 Å². The summed E-state index contributed by atoms with van der Waals surface area (Å²) in [7, 11) is 0. The molecule has 0 saturated carbocycles. The molecule has 0 rings (SSSR count). The van der Waals surface area contributed by atoms with Crippen molar-refractivity contribution < 1.29 is 72.6 Å². The molecule has 0 unspecified atom stereocenters. The van der Waals surface area contributed by atoms with Crippen molar-refractivity contribution in [2.45, 2.75) is 71.1 Å². The molecule has 0 aliphatic rings. The van der Waals surface area contributed by atoms with Crippen LogP contribution in [0.25, 0.3) is 0 Å². The Morgan fingerprint density at radius 1 is 0.960 bits per heavy atom. The Bertz CT molecular complexity index is 336. The monoisotopic (exact) mass is 384 g/mol. The van der Waals surface area contributed by atoms with Gasteiger partial charge in [0.15, 0.2) is 0 Å². The third-order valence-electron chi connectivity index (χ3n) is 4.05. The number of nitrogens with one attached hydrogen (secondary N) is 1. The maximum Gasteiger partial charge on any atom is 1.00 e. The van der Waals surface area contributed by atoms with E-state index >= 15 is 0 Å². The molecular formula is C18H37KN2O4. The number of hydrogen-bond acceptors (Lipinski definition) is 4. The number of aliphatic hydroxyl groups is 1. The molecule has 0 atom stereocenters. The zero-order chi connectivity index (χ0) is 18.0. The molecule has 0 saturated heterocycles. The smallest absolute Gasteiger partial charge is 1.00 e. The van der Waals surface area contributed by atoms with Crippen LogP contribution in [0, 0.1) is 0 Å². The Morgan fingerprint density at radius 2 is 1.52 bits per heavy atom. The second-order valence-electron chi connectivity index (χ2n) is 6.25. The van der Waals surface area contributed by atoms with E-state index in [1.807, 2.05) is 0 Å².